The molecule has 0 aliphatic carbocycles. The van der Waals surface area contributed by atoms with Crippen LogP contribution in [-0.2, 0) is 4.74 Å². The second kappa shape index (κ2) is 5.14. The molecule has 0 aromatic heterocycles. The van der Waals surface area contributed by atoms with Gasteiger partial charge in [-0.05, 0) is 24.3 Å². The number of halogens is 1. The lowest BCUT2D eigenvalue weighted by Gasteiger charge is -2.33. The van der Waals surface area contributed by atoms with Crippen molar-refractivity contribution >= 4 is 17.6 Å². The average molecular weight is 281 g/mol. The van der Waals surface area contributed by atoms with Crippen LogP contribution in [0.25, 0.3) is 0 Å². The van der Waals surface area contributed by atoms with Gasteiger partial charge in [0.15, 0.2) is 0 Å². The van der Waals surface area contributed by atoms with Gasteiger partial charge >= 0.3 is 5.97 Å². The standard InChI is InChI=1S/C15H18ClNO2/c1-17-12-6-7-13(17)9-14(8-12)19-15(18)10-2-4-11(16)5-3-10/h2-5,12-14H,6-9H2,1H3/p+1/t12-,13+,14?. The molecule has 102 valence electrons. The first kappa shape index (κ1) is 12.9. The third-order valence-corrected chi connectivity index (χ3v) is 4.85. The molecule has 2 aliphatic heterocycles. The van der Waals surface area contributed by atoms with Crippen LogP contribution < -0.4 is 4.90 Å². The molecular formula is C15H19ClNO2+. The number of esters is 1. The molecule has 3 rings (SSSR count). The summed E-state index contributed by atoms with van der Waals surface area (Å²) in [6, 6.07) is 8.23. The maximum atomic E-state index is 12.1. The van der Waals surface area contributed by atoms with Crippen molar-refractivity contribution < 1.29 is 14.4 Å². The van der Waals surface area contributed by atoms with E-state index in [1.54, 1.807) is 29.2 Å². The maximum absolute atomic E-state index is 12.1. The highest BCUT2D eigenvalue weighted by atomic mass is 35.5. The van der Waals surface area contributed by atoms with Crippen molar-refractivity contribution in [1.82, 2.24) is 0 Å². The molecule has 0 spiro atoms. The van der Waals surface area contributed by atoms with Crippen LogP contribution in [0.3, 0.4) is 0 Å². The zero-order valence-electron chi connectivity index (χ0n) is 11.1. The van der Waals surface area contributed by atoms with E-state index in [0.29, 0.717) is 22.7 Å². The molecule has 2 bridgehead atoms. The summed E-state index contributed by atoms with van der Waals surface area (Å²) in [5.74, 6) is -0.222. The molecule has 1 N–H and O–H groups in total. The lowest BCUT2D eigenvalue weighted by molar-refractivity contribution is -0.923. The molecule has 19 heavy (non-hydrogen) atoms. The summed E-state index contributed by atoms with van der Waals surface area (Å²) >= 11 is 5.82. The maximum Gasteiger partial charge on any atom is 0.338 e. The first-order valence-corrected chi connectivity index (χ1v) is 7.31. The molecule has 2 heterocycles. The van der Waals surface area contributed by atoms with Crippen molar-refractivity contribution in [3.05, 3.63) is 34.9 Å². The van der Waals surface area contributed by atoms with Crippen LogP contribution in [0.1, 0.15) is 36.0 Å². The van der Waals surface area contributed by atoms with Crippen LogP contribution >= 0.6 is 11.6 Å². The fourth-order valence-electron chi connectivity index (χ4n) is 3.43. The number of fused-ring (bicyclic) bond motifs is 2. The average Bonchev–Trinajstić information content (AvgIpc) is 2.63. The minimum Gasteiger partial charge on any atom is -0.458 e. The fourth-order valence-corrected chi connectivity index (χ4v) is 3.56. The zero-order chi connectivity index (χ0) is 13.4. The lowest BCUT2D eigenvalue weighted by Crippen LogP contribution is -3.15. The van der Waals surface area contributed by atoms with Gasteiger partial charge in [-0.2, -0.15) is 0 Å². The van der Waals surface area contributed by atoms with E-state index in [1.165, 1.54) is 12.8 Å². The van der Waals surface area contributed by atoms with E-state index in [0.717, 1.165) is 12.8 Å². The number of rotatable bonds is 2. The third-order valence-electron chi connectivity index (χ3n) is 4.60. The van der Waals surface area contributed by atoms with Gasteiger partial charge in [-0.25, -0.2) is 4.79 Å². The Morgan fingerprint density at radius 2 is 1.79 bits per heavy atom. The third kappa shape index (κ3) is 2.63. The SMILES string of the molecule is C[NH+]1[C@@H]2CC[C@H]1CC(OC(=O)c1ccc(Cl)cc1)C2. The molecule has 0 saturated carbocycles. The Hall–Kier alpha value is -1.06. The lowest BCUT2D eigenvalue weighted by atomic mass is 10.0. The highest BCUT2D eigenvalue weighted by Gasteiger charge is 2.43. The van der Waals surface area contributed by atoms with Gasteiger partial charge in [-0.15, -0.1) is 0 Å². The molecule has 1 aromatic rings. The van der Waals surface area contributed by atoms with Crippen molar-refractivity contribution in [2.24, 2.45) is 0 Å². The number of benzene rings is 1. The van der Waals surface area contributed by atoms with Gasteiger partial charge in [-0.1, -0.05) is 11.6 Å². The molecule has 2 saturated heterocycles. The normalized spacial score (nSPS) is 33.2. The Balaban J connectivity index is 1.63. The number of carbonyl (C=O) groups is 1. The monoisotopic (exact) mass is 280 g/mol. The number of nitrogens with one attached hydrogen (secondary N) is 1. The van der Waals surface area contributed by atoms with Crippen molar-refractivity contribution in [1.29, 1.82) is 0 Å². The molecule has 2 aliphatic rings. The predicted molar refractivity (Wildman–Crippen MR) is 73.6 cm³/mol. The van der Waals surface area contributed by atoms with Gasteiger partial charge in [0.05, 0.1) is 24.7 Å². The quantitative estimate of drug-likeness (QED) is 0.836. The largest absolute Gasteiger partial charge is 0.458 e. The number of ether oxygens (including phenoxy) is 1. The molecule has 3 nitrogen and oxygen atoms in total. The molecular weight excluding hydrogens is 262 g/mol. The summed E-state index contributed by atoms with van der Waals surface area (Å²) in [5.41, 5.74) is 0.586. The summed E-state index contributed by atoms with van der Waals surface area (Å²) in [6.07, 6.45) is 4.63. The Morgan fingerprint density at radius 1 is 1.21 bits per heavy atom. The van der Waals surface area contributed by atoms with Crippen LogP contribution in [0.2, 0.25) is 5.02 Å². The Labute approximate surface area is 118 Å². The Bertz CT molecular complexity index is 460. The number of hydrogen-bond donors (Lipinski definition) is 1. The van der Waals surface area contributed by atoms with E-state index in [4.69, 9.17) is 16.3 Å². The van der Waals surface area contributed by atoms with Gasteiger partial charge in [0.1, 0.15) is 6.10 Å². The fraction of sp³-hybridized carbons (Fsp3) is 0.533. The van der Waals surface area contributed by atoms with Crippen LogP contribution in [0.5, 0.6) is 0 Å². The second-order valence-corrected chi connectivity index (χ2v) is 6.16. The highest BCUT2D eigenvalue weighted by molar-refractivity contribution is 6.30. The first-order valence-electron chi connectivity index (χ1n) is 6.93. The van der Waals surface area contributed by atoms with Crippen LogP contribution in [-0.4, -0.2) is 31.2 Å². The minimum absolute atomic E-state index is 0.0874. The summed E-state index contributed by atoms with van der Waals surface area (Å²) in [7, 11) is 2.26. The Kier molecular flexibility index (Phi) is 3.50. The topological polar surface area (TPSA) is 30.7 Å². The van der Waals surface area contributed by atoms with Crippen LogP contribution in [0.15, 0.2) is 24.3 Å². The molecule has 0 radical (unpaired) electrons. The predicted octanol–water partition coefficient (Wildman–Crippen LogP) is 1.70. The highest BCUT2D eigenvalue weighted by Crippen LogP contribution is 2.25. The van der Waals surface area contributed by atoms with Crippen molar-refractivity contribution in [2.45, 2.75) is 43.9 Å². The first-order chi connectivity index (χ1) is 9.13. The van der Waals surface area contributed by atoms with E-state index in [-0.39, 0.29) is 12.1 Å². The molecule has 2 unspecified atom stereocenters. The number of hydrogen-bond acceptors (Lipinski definition) is 2. The van der Waals surface area contributed by atoms with Crippen molar-refractivity contribution in [3.8, 4) is 0 Å². The summed E-state index contributed by atoms with van der Waals surface area (Å²) in [6.45, 7) is 0. The molecule has 0 amide bonds. The smallest absolute Gasteiger partial charge is 0.338 e. The summed E-state index contributed by atoms with van der Waals surface area (Å²) in [4.78, 5) is 13.7. The summed E-state index contributed by atoms with van der Waals surface area (Å²) in [5, 5.41) is 0.637. The van der Waals surface area contributed by atoms with E-state index in [9.17, 15) is 4.79 Å². The van der Waals surface area contributed by atoms with E-state index in [2.05, 4.69) is 7.05 Å². The van der Waals surface area contributed by atoms with Crippen molar-refractivity contribution in [2.75, 3.05) is 7.05 Å². The second-order valence-electron chi connectivity index (χ2n) is 5.72. The molecule has 1 aromatic carbocycles. The molecule has 2 fully saturated rings. The summed E-state index contributed by atoms with van der Waals surface area (Å²) < 4.78 is 5.65. The van der Waals surface area contributed by atoms with Crippen LogP contribution in [0, 0.1) is 0 Å². The molecule has 4 atom stereocenters. The minimum atomic E-state index is -0.222. The van der Waals surface area contributed by atoms with Crippen molar-refractivity contribution in [3.63, 3.8) is 0 Å². The van der Waals surface area contributed by atoms with Gasteiger partial charge in [-0.3, -0.25) is 0 Å². The van der Waals surface area contributed by atoms with Gasteiger partial charge in [0.2, 0.25) is 0 Å². The van der Waals surface area contributed by atoms with Gasteiger partial charge < -0.3 is 9.64 Å². The zero-order valence-corrected chi connectivity index (χ0v) is 11.8. The number of quaternary nitrogens is 1. The van der Waals surface area contributed by atoms with Gasteiger partial charge in [0.25, 0.3) is 0 Å². The van der Waals surface area contributed by atoms with E-state index in [1.807, 2.05) is 0 Å². The number of carbonyl (C=O) groups excluding carboxylic acids is 1. The van der Waals surface area contributed by atoms with Gasteiger partial charge in [0, 0.05) is 30.7 Å². The van der Waals surface area contributed by atoms with E-state index >= 15 is 0 Å². The van der Waals surface area contributed by atoms with E-state index < -0.39 is 0 Å². The van der Waals surface area contributed by atoms with Crippen LogP contribution in [0.4, 0.5) is 0 Å². The Morgan fingerprint density at radius 3 is 2.37 bits per heavy atom. The molecule has 4 heteroatoms. The number of piperidine rings is 1.